The maximum Gasteiger partial charge on any atom is 0.224 e. The van der Waals surface area contributed by atoms with E-state index in [1.807, 2.05) is 13.0 Å². The lowest BCUT2D eigenvalue weighted by molar-refractivity contribution is 0.620. The normalized spacial score (nSPS) is 12.2. The number of hydrogen-bond donors (Lipinski definition) is 2. The first-order chi connectivity index (χ1) is 7.80. The Balaban J connectivity index is 2.60. The molecule has 4 nitrogen and oxygen atoms in total. The minimum Gasteiger partial charge on any atom is -0.367 e. The van der Waals surface area contributed by atoms with Crippen molar-refractivity contribution in [3.8, 4) is 0 Å². The molecule has 1 aromatic heterocycles. The predicted octanol–water partition coefficient (Wildman–Crippen LogP) is 2.90. The Labute approximate surface area is 97.9 Å². The van der Waals surface area contributed by atoms with Crippen molar-refractivity contribution in [2.24, 2.45) is 0 Å². The Kier molecular flexibility index (Phi) is 5.61. The van der Waals surface area contributed by atoms with Crippen LogP contribution >= 0.6 is 0 Å². The zero-order chi connectivity index (χ0) is 11.8. The third-order valence-electron chi connectivity index (χ3n) is 2.47. The van der Waals surface area contributed by atoms with E-state index in [1.54, 1.807) is 6.20 Å². The summed E-state index contributed by atoms with van der Waals surface area (Å²) in [5.74, 6) is 1.60. The van der Waals surface area contributed by atoms with Crippen molar-refractivity contribution in [1.29, 1.82) is 0 Å². The van der Waals surface area contributed by atoms with Crippen molar-refractivity contribution in [1.82, 2.24) is 9.97 Å². The maximum absolute atomic E-state index is 4.40. The van der Waals surface area contributed by atoms with Crippen LogP contribution < -0.4 is 10.6 Å². The summed E-state index contributed by atoms with van der Waals surface area (Å²) >= 11 is 0. The molecule has 1 aromatic rings. The summed E-state index contributed by atoms with van der Waals surface area (Å²) in [5.41, 5.74) is 0. The molecule has 0 amide bonds. The van der Waals surface area contributed by atoms with Gasteiger partial charge in [0.05, 0.1) is 0 Å². The molecule has 4 heteroatoms. The monoisotopic (exact) mass is 222 g/mol. The summed E-state index contributed by atoms with van der Waals surface area (Å²) in [5, 5.41) is 6.55. The maximum atomic E-state index is 4.40. The fourth-order valence-corrected chi connectivity index (χ4v) is 1.62. The van der Waals surface area contributed by atoms with Crippen molar-refractivity contribution in [3.05, 3.63) is 12.3 Å². The van der Waals surface area contributed by atoms with Crippen LogP contribution in [-0.2, 0) is 0 Å². The highest BCUT2D eigenvalue weighted by atomic mass is 15.1. The lowest BCUT2D eigenvalue weighted by atomic mass is 10.1. The van der Waals surface area contributed by atoms with E-state index in [0.29, 0.717) is 12.0 Å². The molecule has 0 aromatic carbocycles. The molecule has 1 rings (SSSR count). The SMILES string of the molecule is CCCC(CC)Nc1ccnc(NCC)n1. The van der Waals surface area contributed by atoms with Crippen LogP contribution in [0, 0.1) is 0 Å². The van der Waals surface area contributed by atoms with E-state index in [2.05, 4.69) is 34.4 Å². The van der Waals surface area contributed by atoms with Crippen LogP contribution in [0.5, 0.6) is 0 Å². The van der Waals surface area contributed by atoms with Gasteiger partial charge < -0.3 is 10.6 Å². The highest BCUT2D eigenvalue weighted by molar-refractivity contribution is 5.40. The second kappa shape index (κ2) is 7.04. The van der Waals surface area contributed by atoms with Gasteiger partial charge >= 0.3 is 0 Å². The summed E-state index contributed by atoms with van der Waals surface area (Å²) in [6, 6.07) is 2.42. The van der Waals surface area contributed by atoms with Crippen molar-refractivity contribution >= 4 is 11.8 Å². The zero-order valence-electron chi connectivity index (χ0n) is 10.5. The third kappa shape index (κ3) is 4.04. The Morgan fingerprint density at radius 2 is 2.12 bits per heavy atom. The number of hydrogen-bond acceptors (Lipinski definition) is 4. The van der Waals surface area contributed by atoms with Crippen LogP contribution in [0.4, 0.5) is 11.8 Å². The average Bonchev–Trinajstić information content (AvgIpc) is 2.29. The van der Waals surface area contributed by atoms with Crippen LogP contribution in [0.3, 0.4) is 0 Å². The molecule has 90 valence electrons. The van der Waals surface area contributed by atoms with E-state index < -0.39 is 0 Å². The minimum atomic E-state index is 0.509. The number of rotatable bonds is 7. The van der Waals surface area contributed by atoms with E-state index in [9.17, 15) is 0 Å². The molecule has 0 aliphatic rings. The molecule has 0 saturated carbocycles. The summed E-state index contributed by atoms with van der Waals surface area (Å²) in [6.07, 6.45) is 5.27. The van der Waals surface area contributed by atoms with Gasteiger partial charge in [-0.3, -0.25) is 0 Å². The minimum absolute atomic E-state index is 0.509. The van der Waals surface area contributed by atoms with Gasteiger partial charge in [-0.25, -0.2) is 4.98 Å². The molecule has 0 spiro atoms. The van der Waals surface area contributed by atoms with E-state index in [-0.39, 0.29) is 0 Å². The van der Waals surface area contributed by atoms with E-state index in [4.69, 9.17) is 0 Å². The molecule has 2 N–H and O–H groups in total. The topological polar surface area (TPSA) is 49.8 Å². The fourth-order valence-electron chi connectivity index (χ4n) is 1.62. The molecule has 0 fully saturated rings. The second-order valence-electron chi connectivity index (χ2n) is 3.83. The number of nitrogens with one attached hydrogen (secondary N) is 2. The van der Waals surface area contributed by atoms with Gasteiger partial charge in [0.25, 0.3) is 0 Å². The highest BCUT2D eigenvalue weighted by Crippen LogP contribution is 2.11. The van der Waals surface area contributed by atoms with E-state index in [0.717, 1.165) is 18.8 Å². The fraction of sp³-hybridized carbons (Fsp3) is 0.667. The van der Waals surface area contributed by atoms with E-state index in [1.165, 1.54) is 12.8 Å². The molecule has 0 radical (unpaired) electrons. The quantitative estimate of drug-likeness (QED) is 0.744. The average molecular weight is 222 g/mol. The summed E-state index contributed by atoms with van der Waals surface area (Å²) in [4.78, 5) is 8.55. The standard InChI is InChI=1S/C12H22N4/c1-4-7-10(5-2)15-11-8-9-14-12(16-11)13-6-3/h8-10H,4-7H2,1-3H3,(H2,13,14,15,16). The Bertz CT molecular complexity index is 301. The van der Waals surface area contributed by atoms with Gasteiger partial charge in [-0.05, 0) is 25.8 Å². The van der Waals surface area contributed by atoms with E-state index >= 15 is 0 Å². The lowest BCUT2D eigenvalue weighted by Gasteiger charge is -2.16. The van der Waals surface area contributed by atoms with Gasteiger partial charge in [0.2, 0.25) is 5.95 Å². The molecule has 1 atom stereocenters. The van der Waals surface area contributed by atoms with Crippen molar-refractivity contribution in [2.45, 2.75) is 46.1 Å². The molecule has 0 aliphatic carbocycles. The van der Waals surface area contributed by atoms with Crippen molar-refractivity contribution in [2.75, 3.05) is 17.2 Å². The van der Waals surface area contributed by atoms with Crippen LogP contribution in [-0.4, -0.2) is 22.6 Å². The van der Waals surface area contributed by atoms with Gasteiger partial charge in [0.15, 0.2) is 0 Å². The molecule has 1 unspecified atom stereocenters. The van der Waals surface area contributed by atoms with Crippen LogP contribution in [0.25, 0.3) is 0 Å². The first kappa shape index (κ1) is 12.7. The van der Waals surface area contributed by atoms with Crippen LogP contribution in [0.15, 0.2) is 12.3 Å². The Morgan fingerprint density at radius 3 is 2.75 bits per heavy atom. The predicted molar refractivity (Wildman–Crippen MR) is 68.8 cm³/mol. The first-order valence-corrected chi connectivity index (χ1v) is 6.13. The molecular formula is C12H22N4. The van der Waals surface area contributed by atoms with Gasteiger partial charge in [-0.1, -0.05) is 20.3 Å². The van der Waals surface area contributed by atoms with Crippen molar-refractivity contribution < 1.29 is 0 Å². The molecule has 1 heterocycles. The van der Waals surface area contributed by atoms with Crippen LogP contribution in [0.1, 0.15) is 40.0 Å². The summed E-state index contributed by atoms with van der Waals surface area (Å²) < 4.78 is 0. The molecule has 0 bridgehead atoms. The second-order valence-corrected chi connectivity index (χ2v) is 3.83. The Hall–Kier alpha value is -1.32. The van der Waals surface area contributed by atoms with Gasteiger partial charge in [0, 0.05) is 18.8 Å². The third-order valence-corrected chi connectivity index (χ3v) is 2.47. The smallest absolute Gasteiger partial charge is 0.224 e. The van der Waals surface area contributed by atoms with Crippen molar-refractivity contribution in [3.63, 3.8) is 0 Å². The zero-order valence-corrected chi connectivity index (χ0v) is 10.5. The lowest BCUT2D eigenvalue weighted by Crippen LogP contribution is -2.19. The number of nitrogens with zero attached hydrogens (tertiary/aromatic N) is 2. The first-order valence-electron chi connectivity index (χ1n) is 6.13. The molecule has 0 aliphatic heterocycles. The van der Waals surface area contributed by atoms with Gasteiger partial charge in [-0.2, -0.15) is 4.98 Å². The van der Waals surface area contributed by atoms with Gasteiger partial charge in [-0.15, -0.1) is 0 Å². The largest absolute Gasteiger partial charge is 0.367 e. The number of aromatic nitrogens is 2. The summed E-state index contributed by atoms with van der Waals surface area (Å²) in [7, 11) is 0. The highest BCUT2D eigenvalue weighted by Gasteiger charge is 2.05. The van der Waals surface area contributed by atoms with Crippen LogP contribution in [0.2, 0.25) is 0 Å². The molecular weight excluding hydrogens is 200 g/mol. The molecule has 16 heavy (non-hydrogen) atoms. The van der Waals surface area contributed by atoms with Gasteiger partial charge in [0.1, 0.15) is 5.82 Å². The number of anilines is 2. The molecule has 0 saturated heterocycles. The Morgan fingerprint density at radius 1 is 1.31 bits per heavy atom. The summed E-state index contributed by atoms with van der Waals surface area (Å²) in [6.45, 7) is 7.28.